The summed E-state index contributed by atoms with van der Waals surface area (Å²) >= 11 is 0. The van der Waals surface area contributed by atoms with E-state index >= 15 is 0 Å². The van der Waals surface area contributed by atoms with Gasteiger partial charge in [0.1, 0.15) is 0 Å². The number of nitrogens with zero attached hydrogens (tertiary/aromatic N) is 1. The van der Waals surface area contributed by atoms with Gasteiger partial charge in [0.25, 0.3) is 5.91 Å². The number of likely N-dealkylation sites (tertiary alicyclic amines) is 1. The van der Waals surface area contributed by atoms with Crippen LogP contribution in [0.15, 0.2) is 24.3 Å². The molecule has 2 atom stereocenters. The fourth-order valence-corrected chi connectivity index (χ4v) is 2.74. The predicted octanol–water partition coefficient (Wildman–Crippen LogP) is 0.469. The van der Waals surface area contributed by atoms with Crippen molar-refractivity contribution in [3.63, 3.8) is 0 Å². The number of benzene rings is 1. The van der Waals surface area contributed by atoms with Crippen LogP contribution in [0.3, 0.4) is 0 Å². The Labute approximate surface area is 129 Å². The van der Waals surface area contributed by atoms with Crippen molar-refractivity contribution in [1.82, 2.24) is 4.90 Å². The van der Waals surface area contributed by atoms with Crippen LogP contribution in [-0.2, 0) is 9.59 Å². The van der Waals surface area contributed by atoms with E-state index in [4.69, 9.17) is 11.5 Å². The molecule has 1 aliphatic heterocycles. The summed E-state index contributed by atoms with van der Waals surface area (Å²) in [7, 11) is 0. The number of carbonyl (C=O) groups is 3. The zero-order chi connectivity index (χ0) is 16.4. The van der Waals surface area contributed by atoms with Crippen molar-refractivity contribution in [2.45, 2.75) is 19.8 Å². The maximum absolute atomic E-state index is 12.5. The van der Waals surface area contributed by atoms with Crippen molar-refractivity contribution in [3.05, 3.63) is 35.4 Å². The minimum Gasteiger partial charge on any atom is -0.369 e. The number of rotatable bonds is 4. The molecule has 0 bridgehead atoms. The van der Waals surface area contributed by atoms with Crippen molar-refractivity contribution in [1.29, 1.82) is 0 Å². The molecule has 1 heterocycles. The Bertz CT molecular complexity index is 573. The average Bonchev–Trinajstić information content (AvgIpc) is 2.92. The van der Waals surface area contributed by atoms with Crippen molar-refractivity contribution in [2.75, 3.05) is 13.1 Å². The SMILES string of the molecule is CC(C)c1ccc(C(=O)N2CC(C(N)=O)C(C(N)=O)C2)cc1. The third kappa shape index (κ3) is 3.10. The molecule has 0 spiro atoms. The maximum atomic E-state index is 12.5. The van der Waals surface area contributed by atoms with Crippen LogP contribution < -0.4 is 11.5 Å². The van der Waals surface area contributed by atoms with Gasteiger partial charge in [0, 0.05) is 18.7 Å². The topological polar surface area (TPSA) is 106 Å². The fraction of sp³-hybridized carbons (Fsp3) is 0.438. The monoisotopic (exact) mass is 303 g/mol. The normalized spacial score (nSPS) is 21.1. The third-order valence-corrected chi connectivity index (χ3v) is 4.16. The summed E-state index contributed by atoms with van der Waals surface area (Å²) in [6, 6.07) is 7.33. The van der Waals surface area contributed by atoms with Crippen LogP contribution in [0.4, 0.5) is 0 Å². The molecule has 4 N–H and O–H groups in total. The van der Waals surface area contributed by atoms with Crippen molar-refractivity contribution in [2.24, 2.45) is 23.3 Å². The molecule has 1 aliphatic rings. The van der Waals surface area contributed by atoms with Crippen LogP contribution >= 0.6 is 0 Å². The summed E-state index contributed by atoms with van der Waals surface area (Å²) < 4.78 is 0. The van der Waals surface area contributed by atoms with E-state index < -0.39 is 23.7 Å². The summed E-state index contributed by atoms with van der Waals surface area (Å²) in [5, 5.41) is 0. The molecule has 0 aliphatic carbocycles. The number of carbonyl (C=O) groups excluding carboxylic acids is 3. The van der Waals surface area contributed by atoms with E-state index in [0.29, 0.717) is 11.5 Å². The van der Waals surface area contributed by atoms with Crippen LogP contribution in [0.2, 0.25) is 0 Å². The Hall–Kier alpha value is -2.37. The van der Waals surface area contributed by atoms with Gasteiger partial charge in [0.2, 0.25) is 11.8 Å². The molecular weight excluding hydrogens is 282 g/mol. The van der Waals surface area contributed by atoms with Crippen LogP contribution in [-0.4, -0.2) is 35.7 Å². The van der Waals surface area contributed by atoms with Gasteiger partial charge < -0.3 is 16.4 Å². The molecular formula is C16H21N3O3. The van der Waals surface area contributed by atoms with E-state index in [1.807, 2.05) is 12.1 Å². The predicted molar refractivity (Wildman–Crippen MR) is 81.8 cm³/mol. The lowest BCUT2D eigenvalue weighted by molar-refractivity contribution is -0.129. The van der Waals surface area contributed by atoms with Gasteiger partial charge in [-0.05, 0) is 23.6 Å². The molecule has 0 aromatic heterocycles. The van der Waals surface area contributed by atoms with E-state index in [2.05, 4.69) is 13.8 Å². The first kappa shape index (κ1) is 16.0. The quantitative estimate of drug-likeness (QED) is 0.844. The number of hydrogen-bond donors (Lipinski definition) is 2. The van der Waals surface area contributed by atoms with Gasteiger partial charge in [-0.1, -0.05) is 26.0 Å². The average molecular weight is 303 g/mol. The molecule has 0 radical (unpaired) electrons. The number of amides is 3. The first-order chi connectivity index (χ1) is 10.3. The van der Waals surface area contributed by atoms with Crippen LogP contribution in [0.1, 0.15) is 35.7 Å². The second-order valence-corrected chi connectivity index (χ2v) is 6.00. The lowest BCUT2D eigenvalue weighted by atomic mass is 9.95. The van der Waals surface area contributed by atoms with Gasteiger partial charge in [0.15, 0.2) is 0 Å². The standard InChI is InChI=1S/C16H21N3O3/c1-9(2)10-3-5-11(6-4-10)16(22)19-7-12(14(17)20)13(8-19)15(18)21/h3-6,9,12-13H,7-8H2,1-2H3,(H2,17,20)(H2,18,21). The Balaban J connectivity index is 2.16. The minimum atomic E-state index is -0.712. The van der Waals surface area contributed by atoms with Crippen LogP contribution in [0, 0.1) is 11.8 Å². The molecule has 6 nitrogen and oxygen atoms in total. The summed E-state index contributed by atoms with van der Waals surface area (Å²) in [6.07, 6.45) is 0. The number of hydrogen-bond acceptors (Lipinski definition) is 3. The molecule has 1 aromatic carbocycles. The summed E-state index contributed by atoms with van der Waals surface area (Å²) in [5.74, 6) is -2.46. The molecule has 0 saturated carbocycles. The largest absolute Gasteiger partial charge is 0.369 e. The van der Waals surface area contributed by atoms with Crippen LogP contribution in [0.5, 0.6) is 0 Å². The first-order valence-corrected chi connectivity index (χ1v) is 7.29. The highest BCUT2D eigenvalue weighted by Gasteiger charge is 2.41. The third-order valence-electron chi connectivity index (χ3n) is 4.16. The molecule has 6 heteroatoms. The number of nitrogens with two attached hydrogens (primary N) is 2. The summed E-state index contributed by atoms with van der Waals surface area (Å²) in [5.41, 5.74) is 12.3. The Morgan fingerprint density at radius 3 is 1.82 bits per heavy atom. The van der Waals surface area contributed by atoms with Gasteiger partial charge in [-0.2, -0.15) is 0 Å². The highest BCUT2D eigenvalue weighted by molar-refractivity contribution is 5.96. The smallest absolute Gasteiger partial charge is 0.253 e. The van der Waals surface area contributed by atoms with Gasteiger partial charge in [-0.3, -0.25) is 14.4 Å². The minimum absolute atomic E-state index is 0.133. The van der Waals surface area contributed by atoms with E-state index in [0.717, 1.165) is 5.56 Å². The molecule has 1 saturated heterocycles. The van der Waals surface area contributed by atoms with E-state index in [1.165, 1.54) is 4.90 Å². The summed E-state index contributed by atoms with van der Waals surface area (Å²) in [4.78, 5) is 36.8. The highest BCUT2D eigenvalue weighted by Crippen LogP contribution is 2.25. The van der Waals surface area contributed by atoms with E-state index in [9.17, 15) is 14.4 Å². The molecule has 22 heavy (non-hydrogen) atoms. The summed E-state index contributed by atoms with van der Waals surface area (Å²) in [6.45, 7) is 4.42. The lowest BCUT2D eigenvalue weighted by Crippen LogP contribution is -2.36. The zero-order valence-corrected chi connectivity index (χ0v) is 12.8. The second-order valence-electron chi connectivity index (χ2n) is 6.00. The van der Waals surface area contributed by atoms with Crippen molar-refractivity contribution < 1.29 is 14.4 Å². The van der Waals surface area contributed by atoms with Crippen molar-refractivity contribution >= 4 is 17.7 Å². The van der Waals surface area contributed by atoms with Crippen molar-refractivity contribution in [3.8, 4) is 0 Å². The first-order valence-electron chi connectivity index (χ1n) is 7.29. The van der Waals surface area contributed by atoms with E-state index in [-0.39, 0.29) is 19.0 Å². The molecule has 1 aromatic rings. The Morgan fingerprint density at radius 1 is 1.00 bits per heavy atom. The highest BCUT2D eigenvalue weighted by atomic mass is 16.2. The Kier molecular flexibility index (Phi) is 4.49. The van der Waals surface area contributed by atoms with E-state index in [1.54, 1.807) is 12.1 Å². The zero-order valence-electron chi connectivity index (χ0n) is 12.8. The molecule has 2 rings (SSSR count). The maximum Gasteiger partial charge on any atom is 0.253 e. The van der Waals surface area contributed by atoms with Gasteiger partial charge in [-0.25, -0.2) is 0 Å². The van der Waals surface area contributed by atoms with Gasteiger partial charge in [-0.15, -0.1) is 0 Å². The molecule has 118 valence electrons. The van der Waals surface area contributed by atoms with Crippen LogP contribution in [0.25, 0.3) is 0 Å². The Morgan fingerprint density at radius 2 is 1.45 bits per heavy atom. The number of primary amides is 2. The fourth-order valence-electron chi connectivity index (χ4n) is 2.74. The van der Waals surface area contributed by atoms with Gasteiger partial charge in [0.05, 0.1) is 11.8 Å². The molecule has 2 unspecified atom stereocenters. The molecule has 3 amide bonds. The van der Waals surface area contributed by atoms with Gasteiger partial charge >= 0.3 is 0 Å². The second kappa shape index (κ2) is 6.17. The lowest BCUT2D eigenvalue weighted by Gasteiger charge is -2.16. The molecule has 1 fully saturated rings.